The normalized spacial score (nSPS) is 19.4. The third kappa shape index (κ3) is 2.54. The number of hydrogen-bond acceptors (Lipinski definition) is 6. The van der Waals surface area contributed by atoms with Crippen molar-refractivity contribution in [2.45, 2.75) is 25.3 Å². The fourth-order valence-corrected chi connectivity index (χ4v) is 4.19. The SMILES string of the molecule is Nc1ncnc2c1c(N1CC(=O)NC1=S)nn2C1CCc2ccccc2C1. The van der Waals surface area contributed by atoms with Gasteiger partial charge in [-0.25, -0.2) is 14.6 Å². The van der Waals surface area contributed by atoms with Gasteiger partial charge in [0.25, 0.3) is 0 Å². The molecule has 1 fully saturated rings. The fourth-order valence-electron chi connectivity index (χ4n) is 3.92. The minimum atomic E-state index is -0.162. The van der Waals surface area contributed by atoms with E-state index in [0.29, 0.717) is 27.8 Å². The van der Waals surface area contributed by atoms with Gasteiger partial charge in [-0.3, -0.25) is 9.69 Å². The summed E-state index contributed by atoms with van der Waals surface area (Å²) in [5.74, 6) is 0.703. The lowest BCUT2D eigenvalue weighted by atomic mass is 9.88. The molecule has 1 aliphatic carbocycles. The maximum Gasteiger partial charge on any atom is 0.246 e. The Hall–Kier alpha value is -3.07. The highest BCUT2D eigenvalue weighted by Gasteiger charge is 2.32. The first-order valence-electron chi connectivity index (χ1n) is 8.78. The minimum absolute atomic E-state index is 0.118. The zero-order chi connectivity index (χ0) is 18.5. The van der Waals surface area contributed by atoms with E-state index in [-0.39, 0.29) is 18.5 Å². The van der Waals surface area contributed by atoms with E-state index in [1.165, 1.54) is 17.5 Å². The maximum absolute atomic E-state index is 11.8. The Morgan fingerprint density at radius 2 is 2.04 bits per heavy atom. The Morgan fingerprint density at radius 1 is 1.22 bits per heavy atom. The van der Waals surface area contributed by atoms with E-state index in [2.05, 4.69) is 39.6 Å². The molecule has 1 aromatic carbocycles. The van der Waals surface area contributed by atoms with Crippen LogP contribution >= 0.6 is 12.2 Å². The van der Waals surface area contributed by atoms with Gasteiger partial charge in [0.1, 0.15) is 24.1 Å². The number of nitrogens with one attached hydrogen (secondary N) is 1. The van der Waals surface area contributed by atoms with E-state index < -0.39 is 0 Å². The number of benzene rings is 1. The third-order valence-corrected chi connectivity index (χ3v) is 5.54. The van der Waals surface area contributed by atoms with Gasteiger partial charge < -0.3 is 11.1 Å². The number of carbonyl (C=O) groups is 1. The van der Waals surface area contributed by atoms with Gasteiger partial charge in [0.15, 0.2) is 16.6 Å². The Balaban J connectivity index is 1.63. The highest BCUT2D eigenvalue weighted by Crippen LogP contribution is 2.35. The number of rotatable bonds is 2. The number of nitrogens with two attached hydrogens (primary N) is 1. The molecule has 9 heteroatoms. The van der Waals surface area contributed by atoms with Crippen LogP contribution in [0.25, 0.3) is 11.0 Å². The van der Waals surface area contributed by atoms with Crippen LogP contribution in [0.5, 0.6) is 0 Å². The van der Waals surface area contributed by atoms with Crippen LogP contribution < -0.4 is 16.0 Å². The monoisotopic (exact) mass is 379 g/mol. The summed E-state index contributed by atoms with van der Waals surface area (Å²) in [6.45, 7) is 0.118. The second-order valence-corrected chi connectivity index (χ2v) is 7.22. The average molecular weight is 379 g/mol. The van der Waals surface area contributed by atoms with Gasteiger partial charge in [0.2, 0.25) is 5.91 Å². The highest BCUT2D eigenvalue weighted by molar-refractivity contribution is 7.80. The second kappa shape index (κ2) is 5.98. The van der Waals surface area contributed by atoms with Crippen LogP contribution in [0.1, 0.15) is 23.6 Å². The van der Waals surface area contributed by atoms with E-state index in [1.807, 2.05) is 4.68 Å². The van der Waals surface area contributed by atoms with Crippen LogP contribution in [0, 0.1) is 0 Å². The number of aromatic nitrogens is 4. The van der Waals surface area contributed by atoms with Crippen molar-refractivity contribution >= 4 is 45.9 Å². The van der Waals surface area contributed by atoms with Crippen molar-refractivity contribution in [3.8, 4) is 0 Å². The summed E-state index contributed by atoms with van der Waals surface area (Å²) in [6, 6.07) is 8.64. The van der Waals surface area contributed by atoms with Gasteiger partial charge in [-0.05, 0) is 42.6 Å². The van der Waals surface area contributed by atoms with Gasteiger partial charge in [-0.1, -0.05) is 24.3 Å². The van der Waals surface area contributed by atoms with Crippen LogP contribution in [0.2, 0.25) is 0 Å². The van der Waals surface area contributed by atoms with E-state index in [9.17, 15) is 4.79 Å². The summed E-state index contributed by atoms with van der Waals surface area (Å²) < 4.78 is 1.92. The van der Waals surface area contributed by atoms with Crippen LogP contribution in [-0.2, 0) is 17.6 Å². The zero-order valence-corrected chi connectivity index (χ0v) is 15.2. The molecule has 2 aromatic heterocycles. The highest BCUT2D eigenvalue weighted by atomic mass is 32.1. The Kier molecular flexibility index (Phi) is 3.57. The van der Waals surface area contributed by atoms with Crippen LogP contribution in [0.3, 0.4) is 0 Å². The first-order chi connectivity index (χ1) is 13.1. The number of nitrogen functional groups attached to an aromatic ring is 1. The Bertz CT molecular complexity index is 1090. The Labute approximate surface area is 160 Å². The summed E-state index contributed by atoms with van der Waals surface area (Å²) >= 11 is 5.29. The quantitative estimate of drug-likeness (QED) is 0.648. The van der Waals surface area contributed by atoms with Gasteiger partial charge in [0, 0.05) is 0 Å². The predicted molar refractivity (Wildman–Crippen MR) is 105 cm³/mol. The molecule has 1 unspecified atom stereocenters. The maximum atomic E-state index is 11.8. The summed E-state index contributed by atoms with van der Waals surface area (Å²) in [7, 11) is 0. The van der Waals surface area contributed by atoms with Gasteiger partial charge in [0.05, 0.1) is 6.04 Å². The number of fused-ring (bicyclic) bond motifs is 2. The largest absolute Gasteiger partial charge is 0.383 e. The number of carbonyl (C=O) groups excluding carboxylic acids is 1. The first kappa shape index (κ1) is 16.1. The van der Waals surface area contributed by atoms with E-state index in [0.717, 1.165) is 19.3 Å². The first-order valence-corrected chi connectivity index (χ1v) is 9.19. The number of thiocarbonyl (C=S) groups is 1. The van der Waals surface area contributed by atoms with Crippen LogP contribution in [0.15, 0.2) is 30.6 Å². The molecule has 1 saturated heterocycles. The van der Waals surface area contributed by atoms with E-state index in [4.69, 9.17) is 23.1 Å². The molecular weight excluding hydrogens is 362 g/mol. The third-order valence-electron chi connectivity index (χ3n) is 5.22. The fraction of sp³-hybridized carbons (Fsp3) is 0.278. The second-order valence-electron chi connectivity index (χ2n) is 6.83. The van der Waals surface area contributed by atoms with Crippen LogP contribution in [-0.4, -0.2) is 37.3 Å². The summed E-state index contributed by atoms with van der Waals surface area (Å²) in [4.78, 5) is 22.0. The van der Waals surface area contributed by atoms with E-state index in [1.54, 1.807) is 4.90 Å². The molecule has 1 amide bonds. The topological polar surface area (TPSA) is 102 Å². The molecule has 0 radical (unpaired) electrons. The molecular formula is C18H17N7OS. The number of anilines is 2. The lowest BCUT2D eigenvalue weighted by Gasteiger charge is -2.25. The molecule has 3 heterocycles. The van der Waals surface area contributed by atoms with Crippen molar-refractivity contribution in [3.63, 3.8) is 0 Å². The molecule has 0 spiro atoms. The van der Waals surface area contributed by atoms with E-state index >= 15 is 0 Å². The molecule has 2 aliphatic rings. The van der Waals surface area contributed by atoms with Crippen molar-refractivity contribution < 1.29 is 4.79 Å². The minimum Gasteiger partial charge on any atom is -0.383 e. The summed E-state index contributed by atoms with van der Waals surface area (Å²) in [6.07, 6.45) is 4.26. The molecule has 0 saturated carbocycles. The van der Waals surface area contributed by atoms with Crippen molar-refractivity contribution in [2.75, 3.05) is 17.2 Å². The zero-order valence-electron chi connectivity index (χ0n) is 14.4. The predicted octanol–water partition coefficient (Wildman–Crippen LogP) is 1.36. The molecule has 0 bridgehead atoms. The van der Waals surface area contributed by atoms with Gasteiger partial charge in [-0.15, -0.1) is 0 Å². The Morgan fingerprint density at radius 3 is 2.81 bits per heavy atom. The standard InChI is InChI=1S/C18H17N7OS/c19-15-14-16(21-9-20-15)25(23-17(14)24-8-13(26)22-18(24)27)12-6-5-10-3-1-2-4-11(10)7-12/h1-4,9,12H,5-8H2,(H2,19,20,21)(H,22,26,27). The molecule has 8 nitrogen and oxygen atoms in total. The lowest BCUT2D eigenvalue weighted by molar-refractivity contribution is -0.117. The summed E-state index contributed by atoms with van der Waals surface area (Å²) in [5.41, 5.74) is 9.53. The molecule has 136 valence electrons. The van der Waals surface area contributed by atoms with Crippen LogP contribution in [0.4, 0.5) is 11.6 Å². The van der Waals surface area contributed by atoms with Crippen molar-refractivity contribution in [1.29, 1.82) is 0 Å². The molecule has 3 aromatic rings. The summed E-state index contributed by atoms with van der Waals surface area (Å²) in [5, 5.41) is 8.39. The molecule has 5 rings (SSSR count). The number of amides is 1. The number of nitrogens with zero attached hydrogens (tertiary/aromatic N) is 5. The lowest BCUT2D eigenvalue weighted by Crippen LogP contribution is -2.28. The van der Waals surface area contributed by atoms with Gasteiger partial charge >= 0.3 is 0 Å². The number of hydrogen-bond donors (Lipinski definition) is 2. The average Bonchev–Trinajstić information content (AvgIpc) is 3.21. The van der Waals surface area contributed by atoms with Crippen molar-refractivity contribution in [2.24, 2.45) is 0 Å². The van der Waals surface area contributed by atoms with Crippen molar-refractivity contribution in [3.05, 3.63) is 41.7 Å². The molecule has 27 heavy (non-hydrogen) atoms. The van der Waals surface area contributed by atoms with Gasteiger partial charge in [-0.2, -0.15) is 5.10 Å². The molecule has 3 N–H and O–H groups in total. The smallest absolute Gasteiger partial charge is 0.246 e. The number of aryl methyl sites for hydroxylation is 1. The molecule has 1 aliphatic heterocycles. The molecule has 1 atom stereocenters. The van der Waals surface area contributed by atoms with Crippen molar-refractivity contribution in [1.82, 2.24) is 25.1 Å².